The molecule has 4 saturated carbocycles. The molecule has 0 spiro atoms. The predicted molar refractivity (Wildman–Crippen MR) is 79.2 cm³/mol. The van der Waals surface area contributed by atoms with E-state index in [1.165, 1.54) is 38.5 Å². The van der Waals surface area contributed by atoms with Crippen molar-refractivity contribution in [2.24, 2.45) is 16.7 Å². The molecule has 0 aromatic heterocycles. The molecule has 0 saturated heterocycles. The molecule has 4 aliphatic rings. The molecule has 2 nitrogen and oxygen atoms in total. The van der Waals surface area contributed by atoms with E-state index in [0.29, 0.717) is 16.4 Å². The fraction of sp³-hybridized carbons (Fsp3) is 1.00. The zero-order valence-corrected chi connectivity index (χ0v) is 13.1. The Kier molecular flexibility index (Phi) is 3.46. The summed E-state index contributed by atoms with van der Waals surface area (Å²) < 4.78 is 5.45. The summed E-state index contributed by atoms with van der Waals surface area (Å²) in [7, 11) is 0. The maximum atomic E-state index is 5.45. The third-order valence-electron chi connectivity index (χ3n) is 5.80. The van der Waals surface area contributed by atoms with Gasteiger partial charge in [-0.05, 0) is 75.2 Å². The summed E-state index contributed by atoms with van der Waals surface area (Å²) in [6.45, 7) is 10.1. The first kappa shape index (κ1) is 13.9. The Morgan fingerprint density at radius 1 is 1.05 bits per heavy atom. The van der Waals surface area contributed by atoms with Gasteiger partial charge in [-0.2, -0.15) is 0 Å². The Balaban J connectivity index is 1.61. The van der Waals surface area contributed by atoms with Gasteiger partial charge in [0, 0.05) is 18.8 Å². The van der Waals surface area contributed by atoms with E-state index >= 15 is 0 Å². The van der Waals surface area contributed by atoms with Crippen LogP contribution in [0.3, 0.4) is 0 Å². The lowest BCUT2D eigenvalue weighted by molar-refractivity contribution is -0.117. The second-order valence-corrected chi connectivity index (χ2v) is 8.39. The molecule has 110 valence electrons. The van der Waals surface area contributed by atoms with Crippen LogP contribution in [0.1, 0.15) is 65.7 Å². The van der Waals surface area contributed by atoms with Gasteiger partial charge >= 0.3 is 0 Å². The maximum absolute atomic E-state index is 5.45. The molecule has 2 unspecified atom stereocenters. The number of hydrogen-bond donors (Lipinski definition) is 1. The zero-order valence-electron chi connectivity index (χ0n) is 13.1. The Labute approximate surface area is 118 Å². The molecule has 0 radical (unpaired) electrons. The Bertz CT molecular complexity index is 322. The Morgan fingerprint density at radius 3 is 2.32 bits per heavy atom. The van der Waals surface area contributed by atoms with E-state index in [2.05, 4.69) is 26.1 Å². The van der Waals surface area contributed by atoms with Crippen molar-refractivity contribution in [1.82, 2.24) is 5.32 Å². The highest BCUT2D eigenvalue weighted by molar-refractivity contribution is 5.14. The first-order valence-corrected chi connectivity index (χ1v) is 8.29. The lowest BCUT2D eigenvalue weighted by Gasteiger charge is -2.65. The van der Waals surface area contributed by atoms with Crippen LogP contribution in [0.4, 0.5) is 0 Å². The van der Waals surface area contributed by atoms with Crippen LogP contribution in [0.5, 0.6) is 0 Å². The number of ether oxygens (including phenoxy) is 1. The molecular formula is C17H31NO. The van der Waals surface area contributed by atoms with E-state index in [0.717, 1.165) is 32.1 Å². The van der Waals surface area contributed by atoms with Gasteiger partial charge in [0.25, 0.3) is 0 Å². The largest absolute Gasteiger partial charge is 0.382 e. The van der Waals surface area contributed by atoms with E-state index in [4.69, 9.17) is 4.74 Å². The molecule has 4 fully saturated rings. The molecule has 2 atom stereocenters. The number of hydrogen-bond acceptors (Lipinski definition) is 2. The van der Waals surface area contributed by atoms with Crippen molar-refractivity contribution in [2.45, 2.75) is 71.3 Å². The third kappa shape index (κ3) is 2.71. The molecule has 19 heavy (non-hydrogen) atoms. The lowest BCUT2D eigenvalue weighted by atomic mass is 9.43. The first-order valence-electron chi connectivity index (χ1n) is 8.29. The molecule has 0 aromatic carbocycles. The predicted octanol–water partition coefficient (Wildman–Crippen LogP) is 3.75. The summed E-state index contributed by atoms with van der Waals surface area (Å²) in [4.78, 5) is 0. The fourth-order valence-electron chi connectivity index (χ4n) is 6.32. The normalized spacial score (nSPS) is 47.8. The monoisotopic (exact) mass is 265 g/mol. The molecule has 1 N–H and O–H groups in total. The lowest BCUT2D eigenvalue weighted by Crippen LogP contribution is -2.64. The molecule has 0 aromatic rings. The minimum Gasteiger partial charge on any atom is -0.382 e. The molecule has 0 heterocycles. The van der Waals surface area contributed by atoms with Crippen molar-refractivity contribution in [3.63, 3.8) is 0 Å². The summed E-state index contributed by atoms with van der Waals surface area (Å²) in [6.07, 6.45) is 9.89. The second kappa shape index (κ2) is 4.73. The summed E-state index contributed by atoms with van der Waals surface area (Å²) in [6, 6.07) is 0. The molecule has 4 rings (SSSR count). The Morgan fingerprint density at radius 2 is 1.74 bits per heavy atom. The van der Waals surface area contributed by atoms with E-state index in [-0.39, 0.29) is 0 Å². The minimum absolute atomic E-state index is 0.467. The minimum atomic E-state index is 0.467. The SMILES string of the molecule is CCOCCCNC12CC3CC(C)(CC(C)(C3)C1)C2. The van der Waals surface area contributed by atoms with Crippen molar-refractivity contribution in [1.29, 1.82) is 0 Å². The van der Waals surface area contributed by atoms with Crippen molar-refractivity contribution in [3.05, 3.63) is 0 Å². The van der Waals surface area contributed by atoms with Crippen molar-refractivity contribution >= 4 is 0 Å². The summed E-state index contributed by atoms with van der Waals surface area (Å²) >= 11 is 0. The van der Waals surface area contributed by atoms with E-state index < -0.39 is 0 Å². The van der Waals surface area contributed by atoms with Gasteiger partial charge in [0.1, 0.15) is 0 Å². The molecular weight excluding hydrogens is 234 g/mol. The summed E-state index contributed by atoms with van der Waals surface area (Å²) in [5.74, 6) is 0.991. The average molecular weight is 265 g/mol. The second-order valence-electron chi connectivity index (χ2n) is 8.39. The maximum Gasteiger partial charge on any atom is 0.0477 e. The van der Waals surface area contributed by atoms with Gasteiger partial charge in [-0.1, -0.05) is 13.8 Å². The molecule has 0 amide bonds. The van der Waals surface area contributed by atoms with Gasteiger partial charge < -0.3 is 10.1 Å². The first-order chi connectivity index (χ1) is 8.97. The third-order valence-corrected chi connectivity index (χ3v) is 5.80. The number of nitrogens with one attached hydrogen (secondary N) is 1. The van der Waals surface area contributed by atoms with Crippen LogP contribution < -0.4 is 5.32 Å². The van der Waals surface area contributed by atoms with E-state index in [9.17, 15) is 0 Å². The highest BCUT2D eigenvalue weighted by Gasteiger charge is 2.59. The van der Waals surface area contributed by atoms with Crippen molar-refractivity contribution < 1.29 is 4.74 Å². The highest BCUT2D eigenvalue weighted by atomic mass is 16.5. The molecule has 4 aliphatic carbocycles. The van der Waals surface area contributed by atoms with Crippen molar-refractivity contribution in [3.8, 4) is 0 Å². The zero-order chi connectivity index (χ0) is 13.6. The van der Waals surface area contributed by atoms with Gasteiger partial charge in [-0.15, -0.1) is 0 Å². The van der Waals surface area contributed by atoms with Crippen LogP contribution in [-0.2, 0) is 4.74 Å². The summed E-state index contributed by atoms with van der Waals surface area (Å²) in [5, 5.41) is 3.96. The molecule has 4 bridgehead atoms. The number of rotatable bonds is 6. The van der Waals surface area contributed by atoms with Gasteiger partial charge in [0.05, 0.1) is 0 Å². The highest BCUT2D eigenvalue weighted by Crippen LogP contribution is 2.66. The van der Waals surface area contributed by atoms with Gasteiger partial charge in [-0.25, -0.2) is 0 Å². The van der Waals surface area contributed by atoms with Crippen LogP contribution in [0.15, 0.2) is 0 Å². The van der Waals surface area contributed by atoms with Crippen LogP contribution in [-0.4, -0.2) is 25.3 Å². The quantitative estimate of drug-likeness (QED) is 0.739. The Hall–Kier alpha value is -0.0800. The summed E-state index contributed by atoms with van der Waals surface area (Å²) in [5.41, 5.74) is 1.72. The molecule has 2 heteroatoms. The van der Waals surface area contributed by atoms with Crippen LogP contribution >= 0.6 is 0 Å². The van der Waals surface area contributed by atoms with Crippen molar-refractivity contribution in [2.75, 3.05) is 19.8 Å². The standard InChI is InChI=1S/C17H31NO/c1-4-19-7-5-6-18-17-10-14-8-15(2,12-17)11-16(3,9-14)13-17/h14,18H,4-13H2,1-3H3. The van der Waals surface area contributed by atoms with Crippen LogP contribution in [0.2, 0.25) is 0 Å². The molecule has 0 aliphatic heterocycles. The van der Waals surface area contributed by atoms with E-state index in [1.807, 2.05) is 0 Å². The average Bonchev–Trinajstić information content (AvgIpc) is 2.23. The van der Waals surface area contributed by atoms with Gasteiger partial charge in [0.2, 0.25) is 0 Å². The van der Waals surface area contributed by atoms with Gasteiger partial charge in [-0.3, -0.25) is 0 Å². The smallest absolute Gasteiger partial charge is 0.0477 e. The topological polar surface area (TPSA) is 21.3 Å². The fourth-order valence-corrected chi connectivity index (χ4v) is 6.32. The van der Waals surface area contributed by atoms with Crippen LogP contribution in [0, 0.1) is 16.7 Å². The van der Waals surface area contributed by atoms with E-state index in [1.54, 1.807) is 0 Å². The van der Waals surface area contributed by atoms with Crippen LogP contribution in [0.25, 0.3) is 0 Å². The van der Waals surface area contributed by atoms with Gasteiger partial charge in [0.15, 0.2) is 0 Å².